The summed E-state index contributed by atoms with van der Waals surface area (Å²) in [5.41, 5.74) is 0.414. The van der Waals surface area contributed by atoms with Crippen molar-refractivity contribution >= 4 is 45.2 Å². The lowest BCUT2D eigenvalue weighted by atomic mass is 10.2. The highest BCUT2D eigenvalue weighted by Gasteiger charge is 2.04. The molecule has 0 aliphatic heterocycles. The van der Waals surface area contributed by atoms with E-state index in [1.807, 2.05) is 0 Å². The van der Waals surface area contributed by atoms with Crippen LogP contribution in [0.2, 0.25) is 0 Å². The highest BCUT2D eigenvalue weighted by molar-refractivity contribution is 9.10. The quantitative estimate of drug-likeness (QED) is 0.680. The van der Waals surface area contributed by atoms with Crippen molar-refractivity contribution < 1.29 is 9.18 Å². The number of pyridine rings is 1. The number of carbonyl (C=O) groups is 1. The summed E-state index contributed by atoms with van der Waals surface area (Å²) in [7, 11) is 0. The van der Waals surface area contributed by atoms with Crippen molar-refractivity contribution in [2.75, 3.05) is 0 Å². The van der Waals surface area contributed by atoms with Crippen molar-refractivity contribution in [1.29, 1.82) is 0 Å². The maximum absolute atomic E-state index is 13.9. The van der Waals surface area contributed by atoms with E-state index in [0.717, 1.165) is 11.3 Å². The zero-order valence-corrected chi connectivity index (χ0v) is 14.5. The zero-order chi connectivity index (χ0) is 17.1. The van der Waals surface area contributed by atoms with Gasteiger partial charge in [0.2, 0.25) is 0 Å². The number of nitrogens with one attached hydrogen (secondary N) is 1. The van der Waals surface area contributed by atoms with E-state index >= 15 is 0 Å². The van der Waals surface area contributed by atoms with Crippen LogP contribution in [-0.4, -0.2) is 15.8 Å². The molecule has 24 heavy (non-hydrogen) atoms. The first-order chi connectivity index (χ1) is 11.5. The molecule has 0 saturated carbocycles. The Kier molecular flexibility index (Phi) is 4.82. The minimum absolute atomic E-state index is 0.240. The van der Waals surface area contributed by atoms with Gasteiger partial charge in [-0.1, -0.05) is 22.0 Å². The van der Waals surface area contributed by atoms with Crippen molar-refractivity contribution in [1.82, 2.24) is 9.97 Å². The summed E-state index contributed by atoms with van der Waals surface area (Å²) >= 11 is 4.28. The van der Waals surface area contributed by atoms with Gasteiger partial charge in [-0.2, -0.15) is 0 Å². The third-order valence-corrected chi connectivity index (χ3v) is 4.61. The van der Waals surface area contributed by atoms with Gasteiger partial charge in [0.1, 0.15) is 5.82 Å². The third-order valence-electron chi connectivity index (χ3n) is 3.16. The predicted molar refractivity (Wildman–Crippen MR) is 94.9 cm³/mol. The fourth-order valence-corrected chi connectivity index (χ4v) is 3.21. The van der Waals surface area contributed by atoms with Crippen LogP contribution in [-0.2, 0) is 0 Å². The lowest BCUT2D eigenvalue weighted by molar-refractivity contribution is 0.106. The molecule has 2 heterocycles. The summed E-state index contributed by atoms with van der Waals surface area (Å²) in [4.78, 5) is 30.6. The van der Waals surface area contributed by atoms with Gasteiger partial charge in [0.25, 0.3) is 5.56 Å². The number of rotatable bonds is 3. The zero-order valence-electron chi connectivity index (χ0n) is 12.1. The lowest BCUT2D eigenvalue weighted by Crippen LogP contribution is -2.20. The molecule has 7 heteroatoms. The Morgan fingerprint density at radius 3 is 2.71 bits per heavy atom. The molecule has 0 radical (unpaired) electrons. The van der Waals surface area contributed by atoms with Crippen LogP contribution in [0.5, 0.6) is 0 Å². The Balaban J connectivity index is 2.02. The van der Waals surface area contributed by atoms with E-state index in [-0.39, 0.29) is 11.3 Å². The molecule has 0 spiro atoms. The second-order valence-corrected chi connectivity index (χ2v) is 6.84. The topological polar surface area (TPSA) is 62.8 Å². The average molecular weight is 405 g/mol. The smallest absolute Gasteiger partial charge is 0.266 e. The van der Waals surface area contributed by atoms with Gasteiger partial charge in [-0.05, 0) is 30.3 Å². The number of H-pyrrole nitrogens is 1. The van der Waals surface area contributed by atoms with Crippen LogP contribution in [0.3, 0.4) is 0 Å². The Morgan fingerprint density at radius 1 is 1.25 bits per heavy atom. The molecule has 0 aliphatic carbocycles. The molecule has 4 nitrogen and oxygen atoms in total. The molecule has 0 unspecified atom stereocenters. The van der Waals surface area contributed by atoms with Crippen molar-refractivity contribution in [2.24, 2.45) is 0 Å². The van der Waals surface area contributed by atoms with Gasteiger partial charge in [0, 0.05) is 34.1 Å². The Bertz CT molecular complexity index is 1070. The number of halogens is 2. The van der Waals surface area contributed by atoms with Crippen LogP contribution >= 0.6 is 27.3 Å². The number of hydrogen-bond acceptors (Lipinski definition) is 4. The van der Waals surface area contributed by atoms with Crippen molar-refractivity contribution in [2.45, 2.75) is 0 Å². The number of aromatic nitrogens is 2. The number of hydrogen-bond donors (Lipinski definition) is 1. The van der Waals surface area contributed by atoms with Crippen molar-refractivity contribution in [3.8, 4) is 0 Å². The summed E-state index contributed by atoms with van der Waals surface area (Å²) in [6.07, 6.45) is 5.84. The minimum Gasteiger partial charge on any atom is -0.313 e. The van der Waals surface area contributed by atoms with Crippen LogP contribution in [0.4, 0.5) is 4.39 Å². The number of nitrogens with zero attached hydrogens (tertiary/aromatic N) is 1. The first-order valence-electron chi connectivity index (χ1n) is 6.85. The van der Waals surface area contributed by atoms with E-state index in [2.05, 4.69) is 25.9 Å². The summed E-state index contributed by atoms with van der Waals surface area (Å²) in [5.74, 6) is -0.674. The minimum atomic E-state index is -0.435. The normalized spacial score (nSPS) is 12.6. The Morgan fingerprint density at radius 2 is 2.00 bits per heavy atom. The maximum atomic E-state index is 13.9. The van der Waals surface area contributed by atoms with Crippen LogP contribution in [0.25, 0.3) is 12.2 Å². The molecule has 0 atom stereocenters. The largest absolute Gasteiger partial charge is 0.313 e. The molecular formula is C17H10BrFN2O2S. The molecule has 0 fully saturated rings. The summed E-state index contributed by atoms with van der Waals surface area (Å²) in [5, 5.41) is 0. The molecular weight excluding hydrogens is 395 g/mol. The first kappa shape index (κ1) is 16.5. The highest BCUT2D eigenvalue weighted by Crippen LogP contribution is 2.15. The van der Waals surface area contributed by atoms with E-state index in [0.29, 0.717) is 24.8 Å². The second-order valence-electron chi connectivity index (χ2n) is 4.84. The Labute approximate surface area is 148 Å². The molecule has 0 amide bonds. The van der Waals surface area contributed by atoms with Gasteiger partial charge in [-0.3, -0.25) is 14.6 Å². The molecule has 0 bridgehead atoms. The Hall–Kier alpha value is -2.38. The third kappa shape index (κ3) is 3.74. The van der Waals surface area contributed by atoms with Gasteiger partial charge in [-0.25, -0.2) is 4.39 Å². The van der Waals surface area contributed by atoms with Crippen molar-refractivity contribution in [3.05, 3.63) is 83.7 Å². The lowest BCUT2D eigenvalue weighted by Gasteiger charge is -1.95. The number of carbonyl (C=O) groups excluding carboxylic acids is 1. The average Bonchev–Trinajstić information content (AvgIpc) is 2.90. The van der Waals surface area contributed by atoms with E-state index in [4.69, 9.17) is 0 Å². The SMILES string of the molecule is O=C(/C=c1/[nH]c(=O)/c(=C/c2ccc(Br)cc2F)s1)c1ccncc1. The van der Waals surface area contributed by atoms with Gasteiger partial charge in [0.05, 0.1) is 9.20 Å². The van der Waals surface area contributed by atoms with Crippen LogP contribution in [0.1, 0.15) is 15.9 Å². The fourth-order valence-electron chi connectivity index (χ4n) is 2.00. The molecule has 0 aliphatic rings. The summed E-state index contributed by atoms with van der Waals surface area (Å²) < 4.78 is 15.2. The monoisotopic (exact) mass is 404 g/mol. The fraction of sp³-hybridized carbons (Fsp3) is 0. The van der Waals surface area contributed by atoms with Gasteiger partial charge >= 0.3 is 0 Å². The van der Waals surface area contributed by atoms with Gasteiger partial charge < -0.3 is 4.98 Å². The predicted octanol–water partition coefficient (Wildman–Crippen LogP) is 2.23. The first-order valence-corrected chi connectivity index (χ1v) is 8.46. The van der Waals surface area contributed by atoms with Crippen LogP contribution < -0.4 is 14.8 Å². The maximum Gasteiger partial charge on any atom is 0.266 e. The van der Waals surface area contributed by atoms with Gasteiger partial charge in [0.15, 0.2) is 5.78 Å². The van der Waals surface area contributed by atoms with Gasteiger partial charge in [-0.15, -0.1) is 11.3 Å². The molecule has 3 rings (SSSR count). The number of Topliss-reactive ketones (excluding diaryl/α,β-unsaturated/α-hetero) is 1. The van der Waals surface area contributed by atoms with Crippen LogP contribution in [0, 0.1) is 5.82 Å². The molecule has 1 N–H and O–H groups in total. The van der Waals surface area contributed by atoms with E-state index < -0.39 is 5.82 Å². The van der Waals surface area contributed by atoms with E-state index in [1.165, 1.54) is 30.6 Å². The van der Waals surface area contributed by atoms with Crippen LogP contribution in [0.15, 0.2) is 52.0 Å². The molecule has 3 aromatic rings. The molecule has 2 aromatic heterocycles. The number of thiazole rings is 1. The van der Waals surface area contributed by atoms with E-state index in [9.17, 15) is 14.0 Å². The molecule has 120 valence electrons. The number of benzene rings is 1. The number of ketones is 1. The molecule has 1 aromatic carbocycles. The highest BCUT2D eigenvalue weighted by atomic mass is 79.9. The van der Waals surface area contributed by atoms with E-state index in [1.54, 1.807) is 24.3 Å². The summed E-state index contributed by atoms with van der Waals surface area (Å²) in [6, 6.07) is 7.78. The number of aromatic amines is 1. The molecule has 0 saturated heterocycles. The van der Waals surface area contributed by atoms with Crippen molar-refractivity contribution in [3.63, 3.8) is 0 Å². The standard InChI is InChI=1S/C17H10BrFN2O2S/c18-12-2-1-11(13(19)8-12)7-15-17(23)21-16(24-15)9-14(22)10-3-5-20-6-4-10/h1-9H,(H,21,23)/b15-7-,16-9-. The summed E-state index contributed by atoms with van der Waals surface area (Å²) in [6.45, 7) is 0. The second kappa shape index (κ2) is 7.02.